The fourth-order valence-corrected chi connectivity index (χ4v) is 3.39. The molecule has 0 aliphatic carbocycles. The molecule has 2 aliphatic heterocycles. The van der Waals surface area contributed by atoms with Gasteiger partial charge in [0.25, 0.3) is 0 Å². The highest BCUT2D eigenvalue weighted by Gasteiger charge is 2.39. The zero-order chi connectivity index (χ0) is 19.0. The van der Waals surface area contributed by atoms with Crippen LogP contribution in [0.2, 0.25) is 0 Å². The number of hydrazine groups is 2. The Morgan fingerprint density at radius 3 is 2.63 bits per heavy atom. The topological polar surface area (TPSA) is 98.3 Å². The molecule has 2 atom stereocenters. The van der Waals surface area contributed by atoms with Crippen molar-refractivity contribution in [3.8, 4) is 11.5 Å². The summed E-state index contributed by atoms with van der Waals surface area (Å²) in [6.45, 7) is 0. The number of urea groups is 1. The van der Waals surface area contributed by atoms with Gasteiger partial charge in [0, 0.05) is 12.5 Å². The monoisotopic (exact) mass is 371 g/mol. The summed E-state index contributed by atoms with van der Waals surface area (Å²) >= 11 is 0. The van der Waals surface area contributed by atoms with Crippen LogP contribution >= 0.6 is 0 Å². The second-order valence-corrected chi connectivity index (χ2v) is 6.29. The smallest absolute Gasteiger partial charge is 0.344 e. The zero-order valence-electron chi connectivity index (χ0n) is 15.0. The first-order chi connectivity index (χ1) is 13.1. The van der Waals surface area contributed by atoms with Gasteiger partial charge in [0.15, 0.2) is 11.5 Å². The fraction of sp³-hybridized carbons (Fsp3) is 0.278. The van der Waals surface area contributed by atoms with Gasteiger partial charge >= 0.3 is 6.03 Å². The minimum atomic E-state index is -0.443. The molecule has 0 spiro atoms. The Morgan fingerprint density at radius 2 is 1.85 bits per heavy atom. The molecule has 0 saturated carbocycles. The number of hydrogen-bond donors (Lipinski definition) is 4. The number of nitrogens with one attached hydrogen (secondary N) is 3. The van der Waals surface area contributed by atoms with Crippen molar-refractivity contribution in [2.24, 2.45) is 0 Å². The molecule has 2 amide bonds. The van der Waals surface area contributed by atoms with Gasteiger partial charge in [-0.3, -0.25) is 5.21 Å². The quantitative estimate of drug-likeness (QED) is 0.654. The Morgan fingerprint density at radius 1 is 1.07 bits per heavy atom. The van der Waals surface area contributed by atoms with Gasteiger partial charge in [-0.15, -0.1) is 0 Å². The number of ether oxygens (including phenoxy) is 2. The van der Waals surface area contributed by atoms with Gasteiger partial charge in [-0.2, -0.15) is 10.2 Å². The van der Waals surface area contributed by atoms with E-state index in [1.165, 1.54) is 5.01 Å². The summed E-state index contributed by atoms with van der Waals surface area (Å²) in [7, 11) is 3.18. The molecule has 0 bridgehead atoms. The van der Waals surface area contributed by atoms with E-state index in [0.717, 1.165) is 10.7 Å². The van der Waals surface area contributed by atoms with Crippen molar-refractivity contribution in [3.63, 3.8) is 0 Å². The summed E-state index contributed by atoms with van der Waals surface area (Å²) in [5, 5.41) is 15.5. The maximum Gasteiger partial charge on any atom is 0.344 e. The van der Waals surface area contributed by atoms with E-state index in [9.17, 15) is 10.0 Å². The van der Waals surface area contributed by atoms with Crippen molar-refractivity contribution in [1.29, 1.82) is 0 Å². The van der Waals surface area contributed by atoms with E-state index < -0.39 is 12.2 Å². The van der Waals surface area contributed by atoms with Crippen molar-refractivity contribution >= 4 is 17.4 Å². The third-order valence-electron chi connectivity index (χ3n) is 4.76. The maximum atomic E-state index is 12.5. The molecule has 2 aromatic rings. The average molecular weight is 371 g/mol. The molecule has 9 heteroatoms. The Balaban J connectivity index is 1.54. The van der Waals surface area contributed by atoms with Crippen molar-refractivity contribution in [2.45, 2.75) is 18.6 Å². The van der Waals surface area contributed by atoms with E-state index in [1.807, 2.05) is 18.2 Å². The lowest BCUT2D eigenvalue weighted by Crippen LogP contribution is -2.59. The first-order valence-corrected chi connectivity index (χ1v) is 8.53. The molecule has 9 nitrogen and oxygen atoms in total. The normalized spacial score (nSPS) is 21.7. The lowest BCUT2D eigenvalue weighted by atomic mass is 10.0. The van der Waals surface area contributed by atoms with Crippen LogP contribution in [0.5, 0.6) is 11.5 Å². The van der Waals surface area contributed by atoms with Crippen molar-refractivity contribution in [3.05, 3.63) is 48.0 Å². The van der Waals surface area contributed by atoms with Gasteiger partial charge in [0.05, 0.1) is 19.9 Å². The van der Waals surface area contributed by atoms with Crippen LogP contribution in [-0.4, -0.2) is 36.6 Å². The molecule has 1 saturated heterocycles. The summed E-state index contributed by atoms with van der Waals surface area (Å²) < 4.78 is 10.6. The van der Waals surface area contributed by atoms with E-state index in [2.05, 4.69) is 16.2 Å². The third-order valence-corrected chi connectivity index (χ3v) is 4.76. The maximum absolute atomic E-state index is 12.5. The molecule has 2 aliphatic rings. The number of para-hydroxylation sites is 2. The predicted molar refractivity (Wildman–Crippen MR) is 98.5 cm³/mol. The van der Waals surface area contributed by atoms with E-state index in [0.29, 0.717) is 29.3 Å². The summed E-state index contributed by atoms with van der Waals surface area (Å²) in [4.78, 5) is 12.5. The third kappa shape index (κ3) is 3.01. The molecule has 0 radical (unpaired) electrons. The van der Waals surface area contributed by atoms with Gasteiger partial charge in [0.1, 0.15) is 11.9 Å². The summed E-state index contributed by atoms with van der Waals surface area (Å²) in [5.74, 6) is 1.28. The lowest BCUT2D eigenvalue weighted by Gasteiger charge is -2.39. The molecule has 2 unspecified atom stereocenters. The second kappa shape index (κ2) is 6.95. The SMILES string of the molecule is COc1ccc(C2CC(N3C(=O)Nc4ccccc4N3O)NN2)cc1OC. The number of fused-ring (bicyclic) bond motifs is 1. The fourth-order valence-electron chi connectivity index (χ4n) is 3.39. The van der Waals surface area contributed by atoms with E-state index in [4.69, 9.17) is 9.47 Å². The first-order valence-electron chi connectivity index (χ1n) is 8.53. The van der Waals surface area contributed by atoms with Gasteiger partial charge in [-0.1, -0.05) is 18.2 Å². The van der Waals surface area contributed by atoms with Crippen LogP contribution < -0.4 is 30.8 Å². The van der Waals surface area contributed by atoms with Gasteiger partial charge in [0.2, 0.25) is 0 Å². The Hall–Kier alpha value is -3.01. The number of carbonyl (C=O) groups is 1. The number of rotatable bonds is 4. The number of amides is 2. The summed E-state index contributed by atoms with van der Waals surface area (Å²) in [6.07, 6.45) is 0.101. The standard InChI is InChI=1S/C18H21N5O4/c1-26-15-8-7-11(9-16(15)27-2)13-10-17(21-20-13)22-18(24)19-12-5-3-4-6-14(12)23(22)25/h3-9,13,17,20-21,25H,10H2,1-2H3,(H,19,24). The number of carbonyl (C=O) groups excluding carboxylic acids is 1. The minimum Gasteiger partial charge on any atom is -0.493 e. The molecule has 4 rings (SSSR count). The van der Waals surface area contributed by atoms with Crippen molar-refractivity contribution in [1.82, 2.24) is 15.9 Å². The van der Waals surface area contributed by atoms with Crippen molar-refractivity contribution in [2.75, 3.05) is 24.7 Å². The van der Waals surface area contributed by atoms with Gasteiger partial charge in [-0.05, 0) is 29.8 Å². The Bertz CT molecular complexity index is 861. The van der Waals surface area contributed by atoms with E-state index in [-0.39, 0.29) is 6.04 Å². The van der Waals surface area contributed by atoms with Crippen LogP contribution in [-0.2, 0) is 0 Å². The van der Waals surface area contributed by atoms with Crippen LogP contribution in [0.15, 0.2) is 42.5 Å². The molecule has 2 aromatic carbocycles. The molecule has 1 fully saturated rings. The van der Waals surface area contributed by atoms with Crippen LogP contribution in [0.25, 0.3) is 0 Å². The highest BCUT2D eigenvalue weighted by Crippen LogP contribution is 2.35. The molecule has 0 aromatic heterocycles. The number of benzene rings is 2. The van der Waals surface area contributed by atoms with Crippen LogP contribution in [0.4, 0.5) is 16.2 Å². The second-order valence-electron chi connectivity index (χ2n) is 6.29. The van der Waals surface area contributed by atoms with Gasteiger partial charge in [-0.25, -0.2) is 15.6 Å². The predicted octanol–water partition coefficient (Wildman–Crippen LogP) is 2.23. The minimum absolute atomic E-state index is 0.0758. The lowest BCUT2D eigenvalue weighted by molar-refractivity contribution is 0.0556. The summed E-state index contributed by atoms with van der Waals surface area (Å²) in [6, 6.07) is 12.2. The molecular formula is C18H21N5O4. The zero-order valence-corrected chi connectivity index (χ0v) is 15.0. The van der Waals surface area contributed by atoms with Crippen LogP contribution in [0.3, 0.4) is 0 Å². The first kappa shape index (κ1) is 17.4. The Labute approximate surface area is 156 Å². The number of methoxy groups -OCH3 is 2. The highest BCUT2D eigenvalue weighted by molar-refractivity contribution is 5.97. The number of anilines is 2. The Kier molecular flexibility index (Phi) is 4.48. The number of nitrogens with zero attached hydrogens (tertiary/aromatic N) is 2. The van der Waals surface area contributed by atoms with Crippen LogP contribution in [0, 0.1) is 0 Å². The molecule has 142 valence electrons. The molecule has 27 heavy (non-hydrogen) atoms. The largest absolute Gasteiger partial charge is 0.493 e. The average Bonchev–Trinajstić information content (AvgIpc) is 3.17. The number of hydrogen-bond acceptors (Lipinski definition) is 7. The molecular weight excluding hydrogens is 350 g/mol. The van der Waals surface area contributed by atoms with Crippen molar-refractivity contribution < 1.29 is 19.5 Å². The highest BCUT2D eigenvalue weighted by atomic mass is 16.6. The summed E-state index contributed by atoms with van der Waals surface area (Å²) in [5.41, 5.74) is 8.29. The van der Waals surface area contributed by atoms with Gasteiger partial charge < -0.3 is 14.8 Å². The molecule has 4 N–H and O–H groups in total. The van der Waals surface area contributed by atoms with E-state index in [1.54, 1.807) is 38.5 Å². The van der Waals surface area contributed by atoms with E-state index >= 15 is 0 Å². The molecule has 2 heterocycles. The van der Waals surface area contributed by atoms with Crippen LogP contribution in [0.1, 0.15) is 18.0 Å².